The Morgan fingerprint density at radius 2 is 2.26 bits per heavy atom. The Hall–Kier alpha value is -2.19. The summed E-state index contributed by atoms with van der Waals surface area (Å²) in [5.41, 5.74) is 3.57. The molecule has 0 spiro atoms. The number of carbonyl (C=O) groups is 1. The number of hydrogen-bond acceptors (Lipinski definition) is 6. The van der Waals surface area contributed by atoms with Gasteiger partial charge in [0.15, 0.2) is 5.65 Å². The van der Waals surface area contributed by atoms with Crippen LogP contribution in [0.15, 0.2) is 23.4 Å². The minimum Gasteiger partial charge on any atom is -0.383 e. The molecule has 8 heteroatoms. The van der Waals surface area contributed by atoms with Gasteiger partial charge < -0.3 is 15.0 Å². The standard InChI is InChI=1S/C15H17N5O2S/c1-9-3-4-11-10(7-9)13-14(17-11)18-15(20-19-13)23-8-12(21)16-5-6-22-2/h3-4,7H,5-6,8H2,1-2H3,(H,16,21)(H,17,18,20). The smallest absolute Gasteiger partial charge is 0.230 e. The molecule has 0 saturated carbocycles. The highest BCUT2D eigenvalue weighted by atomic mass is 32.2. The number of rotatable bonds is 6. The van der Waals surface area contributed by atoms with E-state index in [0.29, 0.717) is 24.0 Å². The quantitative estimate of drug-likeness (QED) is 0.527. The maximum atomic E-state index is 11.7. The van der Waals surface area contributed by atoms with Crippen molar-refractivity contribution in [2.75, 3.05) is 26.0 Å². The van der Waals surface area contributed by atoms with Gasteiger partial charge in [-0.2, -0.15) is 0 Å². The number of benzene rings is 1. The van der Waals surface area contributed by atoms with Crippen molar-refractivity contribution >= 4 is 39.7 Å². The van der Waals surface area contributed by atoms with Crippen LogP contribution in [-0.2, 0) is 9.53 Å². The summed E-state index contributed by atoms with van der Waals surface area (Å²) in [7, 11) is 1.59. The number of aromatic amines is 1. The fourth-order valence-corrected chi connectivity index (χ4v) is 2.82. The highest BCUT2D eigenvalue weighted by molar-refractivity contribution is 7.99. The number of ether oxygens (including phenoxy) is 1. The molecular formula is C15H17N5O2S. The second kappa shape index (κ2) is 6.93. The van der Waals surface area contributed by atoms with Gasteiger partial charge in [0, 0.05) is 24.6 Å². The van der Waals surface area contributed by atoms with E-state index in [9.17, 15) is 4.79 Å². The number of hydrogen-bond donors (Lipinski definition) is 2. The van der Waals surface area contributed by atoms with Gasteiger partial charge in [0.1, 0.15) is 5.52 Å². The molecule has 0 unspecified atom stereocenters. The zero-order valence-corrected chi connectivity index (χ0v) is 13.7. The lowest BCUT2D eigenvalue weighted by atomic mass is 10.2. The molecule has 3 rings (SSSR count). The molecule has 1 aromatic carbocycles. The van der Waals surface area contributed by atoms with Crippen molar-refractivity contribution in [3.63, 3.8) is 0 Å². The minimum atomic E-state index is -0.0805. The molecule has 1 amide bonds. The lowest BCUT2D eigenvalue weighted by Crippen LogP contribution is -2.28. The van der Waals surface area contributed by atoms with E-state index in [-0.39, 0.29) is 11.7 Å². The lowest BCUT2D eigenvalue weighted by molar-refractivity contribution is -0.118. The number of aromatic nitrogens is 4. The first kappa shape index (κ1) is 15.7. The van der Waals surface area contributed by atoms with Crippen molar-refractivity contribution in [3.8, 4) is 0 Å². The SMILES string of the molecule is COCCNC(=O)CSc1nnc2c(n1)[nH]c1ccc(C)cc12. The Balaban J connectivity index is 1.73. The molecule has 2 aromatic heterocycles. The van der Waals surface area contributed by atoms with E-state index < -0.39 is 0 Å². The molecule has 0 fully saturated rings. The van der Waals surface area contributed by atoms with Crippen LogP contribution in [0.25, 0.3) is 22.1 Å². The molecule has 7 nitrogen and oxygen atoms in total. The van der Waals surface area contributed by atoms with Crippen molar-refractivity contribution in [2.45, 2.75) is 12.1 Å². The maximum absolute atomic E-state index is 11.7. The van der Waals surface area contributed by atoms with E-state index in [1.165, 1.54) is 11.8 Å². The summed E-state index contributed by atoms with van der Waals surface area (Å²) >= 11 is 1.26. The maximum Gasteiger partial charge on any atom is 0.230 e. The van der Waals surface area contributed by atoms with Gasteiger partial charge in [0.05, 0.1) is 12.4 Å². The molecule has 0 bridgehead atoms. The summed E-state index contributed by atoms with van der Waals surface area (Å²) in [6.45, 7) is 3.02. The molecular weight excluding hydrogens is 314 g/mol. The molecule has 0 saturated heterocycles. The summed E-state index contributed by atoms with van der Waals surface area (Å²) in [5, 5.41) is 12.6. The third-order valence-electron chi connectivity index (χ3n) is 3.31. The van der Waals surface area contributed by atoms with Crippen LogP contribution in [0, 0.1) is 6.92 Å². The Bertz CT molecular complexity index is 848. The minimum absolute atomic E-state index is 0.0805. The van der Waals surface area contributed by atoms with Gasteiger partial charge in [-0.15, -0.1) is 10.2 Å². The molecule has 120 valence electrons. The van der Waals surface area contributed by atoms with Crippen LogP contribution in [0.1, 0.15) is 5.56 Å². The van der Waals surface area contributed by atoms with Gasteiger partial charge in [0.25, 0.3) is 0 Å². The highest BCUT2D eigenvalue weighted by Crippen LogP contribution is 2.24. The summed E-state index contributed by atoms with van der Waals surface area (Å²) in [4.78, 5) is 19.3. The van der Waals surface area contributed by atoms with Crippen LogP contribution in [-0.4, -0.2) is 52.1 Å². The topological polar surface area (TPSA) is 92.8 Å². The Morgan fingerprint density at radius 3 is 3.09 bits per heavy atom. The highest BCUT2D eigenvalue weighted by Gasteiger charge is 2.11. The molecule has 3 aromatic rings. The third-order valence-corrected chi connectivity index (χ3v) is 4.15. The Labute approximate surface area is 137 Å². The van der Waals surface area contributed by atoms with Crippen molar-refractivity contribution < 1.29 is 9.53 Å². The zero-order valence-electron chi connectivity index (χ0n) is 12.9. The van der Waals surface area contributed by atoms with E-state index >= 15 is 0 Å². The van der Waals surface area contributed by atoms with E-state index in [1.807, 2.05) is 19.1 Å². The second-order valence-electron chi connectivity index (χ2n) is 5.10. The Morgan fingerprint density at radius 1 is 1.39 bits per heavy atom. The third kappa shape index (κ3) is 3.59. The molecule has 0 aliphatic carbocycles. The predicted molar refractivity (Wildman–Crippen MR) is 89.5 cm³/mol. The van der Waals surface area contributed by atoms with Crippen LogP contribution in [0.2, 0.25) is 0 Å². The van der Waals surface area contributed by atoms with Crippen LogP contribution in [0.3, 0.4) is 0 Å². The zero-order chi connectivity index (χ0) is 16.2. The van der Waals surface area contributed by atoms with Crippen molar-refractivity contribution in [1.82, 2.24) is 25.5 Å². The number of carbonyl (C=O) groups excluding carboxylic acids is 1. The molecule has 0 radical (unpaired) electrons. The van der Waals surface area contributed by atoms with Crippen molar-refractivity contribution in [1.29, 1.82) is 0 Å². The molecule has 0 aliphatic heterocycles. The number of aryl methyl sites for hydroxylation is 1. The summed E-state index contributed by atoms with van der Waals surface area (Å²) in [5.74, 6) is 0.166. The van der Waals surface area contributed by atoms with Crippen molar-refractivity contribution in [3.05, 3.63) is 23.8 Å². The van der Waals surface area contributed by atoms with E-state index in [2.05, 4.69) is 31.5 Å². The summed E-state index contributed by atoms with van der Waals surface area (Å²) < 4.78 is 4.88. The van der Waals surface area contributed by atoms with Crippen LogP contribution in [0.4, 0.5) is 0 Å². The van der Waals surface area contributed by atoms with E-state index in [4.69, 9.17) is 4.74 Å². The number of fused-ring (bicyclic) bond motifs is 3. The van der Waals surface area contributed by atoms with Crippen LogP contribution in [0.5, 0.6) is 0 Å². The number of methoxy groups -OCH3 is 1. The average molecular weight is 331 g/mol. The van der Waals surface area contributed by atoms with E-state index in [0.717, 1.165) is 22.0 Å². The van der Waals surface area contributed by atoms with Gasteiger partial charge in [-0.05, 0) is 19.1 Å². The summed E-state index contributed by atoms with van der Waals surface area (Å²) in [6, 6.07) is 6.09. The first-order chi connectivity index (χ1) is 11.2. The summed E-state index contributed by atoms with van der Waals surface area (Å²) in [6.07, 6.45) is 0. The number of amides is 1. The molecule has 2 heterocycles. The molecule has 2 N–H and O–H groups in total. The van der Waals surface area contributed by atoms with Gasteiger partial charge in [-0.25, -0.2) is 4.98 Å². The predicted octanol–water partition coefficient (Wildman–Crippen LogP) is 1.67. The number of H-pyrrole nitrogens is 1. The van der Waals surface area contributed by atoms with Gasteiger partial charge >= 0.3 is 0 Å². The second-order valence-corrected chi connectivity index (χ2v) is 6.04. The largest absolute Gasteiger partial charge is 0.383 e. The van der Waals surface area contributed by atoms with Crippen LogP contribution >= 0.6 is 11.8 Å². The first-order valence-electron chi connectivity index (χ1n) is 7.18. The fraction of sp³-hybridized carbons (Fsp3) is 0.333. The van der Waals surface area contributed by atoms with Crippen molar-refractivity contribution in [2.24, 2.45) is 0 Å². The Kier molecular flexibility index (Phi) is 4.73. The number of thioether (sulfide) groups is 1. The van der Waals surface area contributed by atoms with Gasteiger partial charge in [-0.3, -0.25) is 4.79 Å². The molecule has 23 heavy (non-hydrogen) atoms. The number of nitrogens with zero attached hydrogens (tertiary/aromatic N) is 3. The van der Waals surface area contributed by atoms with Crippen LogP contribution < -0.4 is 5.32 Å². The molecule has 0 atom stereocenters. The monoisotopic (exact) mass is 331 g/mol. The normalized spacial score (nSPS) is 11.2. The van der Waals surface area contributed by atoms with Gasteiger partial charge in [-0.1, -0.05) is 23.4 Å². The lowest BCUT2D eigenvalue weighted by Gasteiger charge is -2.03. The average Bonchev–Trinajstić information content (AvgIpc) is 2.90. The molecule has 0 aliphatic rings. The first-order valence-corrected chi connectivity index (χ1v) is 8.17. The fourth-order valence-electron chi connectivity index (χ4n) is 2.21. The number of nitrogens with one attached hydrogen (secondary N) is 2. The van der Waals surface area contributed by atoms with E-state index in [1.54, 1.807) is 7.11 Å². The van der Waals surface area contributed by atoms with Gasteiger partial charge in [0.2, 0.25) is 11.1 Å².